The number of amides is 1. The lowest BCUT2D eigenvalue weighted by Gasteiger charge is -2.37. The fraction of sp³-hybridized carbons (Fsp3) is 0.667. The van der Waals surface area contributed by atoms with Crippen LogP contribution in [0.15, 0.2) is 12.1 Å². The van der Waals surface area contributed by atoms with Crippen LogP contribution in [0.4, 0.5) is 0 Å². The summed E-state index contributed by atoms with van der Waals surface area (Å²) in [5.41, 5.74) is 3.82. The number of aliphatic hydroxyl groups is 1. The molecule has 2 heterocycles. The number of hydrogen-bond donors (Lipinski definition) is 2. The van der Waals surface area contributed by atoms with E-state index in [0.29, 0.717) is 19.7 Å². The Kier molecular flexibility index (Phi) is 5.17. The number of hydrogen-bond acceptors (Lipinski definition) is 4. The molecule has 0 aliphatic carbocycles. The largest absolute Gasteiger partial charge is 0.381 e. The van der Waals surface area contributed by atoms with Crippen LogP contribution in [0, 0.1) is 0 Å². The lowest BCUT2D eigenvalue weighted by Crippen LogP contribution is -2.47. The van der Waals surface area contributed by atoms with Crippen LogP contribution in [-0.2, 0) is 27.9 Å². The third-order valence-corrected chi connectivity index (χ3v) is 5.35. The van der Waals surface area contributed by atoms with Crippen molar-refractivity contribution in [3.8, 4) is 0 Å². The molecule has 1 fully saturated rings. The molecule has 1 aromatic carbocycles. The molecule has 144 valence electrons. The average Bonchev–Trinajstić information content (AvgIpc) is 2.58. The van der Waals surface area contributed by atoms with Crippen LogP contribution in [0.5, 0.6) is 0 Å². The minimum Gasteiger partial charge on any atom is -0.381 e. The lowest BCUT2D eigenvalue weighted by atomic mass is 9.80. The second-order valence-electron chi connectivity index (χ2n) is 9.07. The maximum atomic E-state index is 12.6. The van der Waals surface area contributed by atoms with Crippen molar-refractivity contribution in [2.75, 3.05) is 26.3 Å². The van der Waals surface area contributed by atoms with Gasteiger partial charge in [-0.1, -0.05) is 32.9 Å². The Bertz CT molecular complexity index is 680. The van der Waals surface area contributed by atoms with Crippen molar-refractivity contribution in [3.05, 3.63) is 34.4 Å². The molecule has 0 spiro atoms. The molecule has 2 aliphatic rings. The van der Waals surface area contributed by atoms with Crippen LogP contribution in [0.25, 0.3) is 0 Å². The topological polar surface area (TPSA) is 61.8 Å². The van der Waals surface area contributed by atoms with E-state index in [1.54, 1.807) is 18.7 Å². The molecule has 1 atom stereocenters. The van der Waals surface area contributed by atoms with Gasteiger partial charge in [-0.2, -0.15) is 0 Å². The molecule has 2 aliphatic heterocycles. The van der Waals surface area contributed by atoms with Gasteiger partial charge in [0.25, 0.3) is 5.91 Å². The summed E-state index contributed by atoms with van der Waals surface area (Å²) in [7, 11) is 0. The normalized spacial score (nSPS) is 21.5. The number of nitrogens with one attached hydrogen (secondary N) is 1. The molecule has 0 radical (unpaired) electrons. The number of benzene rings is 1. The number of nitrogens with zero attached hydrogens (tertiary/aromatic N) is 1. The molecule has 3 rings (SSSR count). The van der Waals surface area contributed by atoms with E-state index >= 15 is 0 Å². The number of carbonyl (C=O) groups excluding carboxylic acids is 1. The van der Waals surface area contributed by atoms with Gasteiger partial charge in [-0.15, -0.1) is 0 Å². The zero-order valence-corrected chi connectivity index (χ0v) is 16.7. The molecule has 5 nitrogen and oxygen atoms in total. The summed E-state index contributed by atoms with van der Waals surface area (Å²) < 4.78 is 5.70. The van der Waals surface area contributed by atoms with Gasteiger partial charge in [0.05, 0.1) is 19.3 Å². The first kappa shape index (κ1) is 19.3. The summed E-state index contributed by atoms with van der Waals surface area (Å²) in [5.74, 6) is -0.207. The molecule has 0 saturated carbocycles. The number of morpholine rings is 1. The molecule has 0 bridgehead atoms. The van der Waals surface area contributed by atoms with Crippen molar-refractivity contribution in [1.82, 2.24) is 10.2 Å². The number of carbonyl (C=O) groups is 1. The van der Waals surface area contributed by atoms with Gasteiger partial charge in [0, 0.05) is 19.6 Å². The van der Waals surface area contributed by atoms with Crippen molar-refractivity contribution >= 4 is 5.91 Å². The molecule has 1 amide bonds. The van der Waals surface area contributed by atoms with E-state index in [2.05, 4.69) is 38.2 Å². The van der Waals surface area contributed by atoms with Gasteiger partial charge in [-0.3, -0.25) is 4.79 Å². The Labute approximate surface area is 156 Å². The average molecular weight is 360 g/mol. The predicted octanol–water partition coefficient (Wildman–Crippen LogP) is 2.30. The van der Waals surface area contributed by atoms with E-state index < -0.39 is 5.60 Å². The quantitative estimate of drug-likeness (QED) is 0.850. The Morgan fingerprint density at radius 3 is 2.58 bits per heavy atom. The van der Waals surface area contributed by atoms with Gasteiger partial charge in [0.2, 0.25) is 0 Å². The van der Waals surface area contributed by atoms with Crippen molar-refractivity contribution < 1.29 is 14.6 Å². The number of fused-ring (bicyclic) bond motifs is 1. The van der Waals surface area contributed by atoms with Gasteiger partial charge >= 0.3 is 0 Å². The van der Waals surface area contributed by atoms with Crippen molar-refractivity contribution in [1.29, 1.82) is 0 Å². The first-order valence-corrected chi connectivity index (χ1v) is 9.56. The van der Waals surface area contributed by atoms with Crippen LogP contribution in [0.3, 0.4) is 0 Å². The number of ether oxygens (including phenoxy) is 1. The summed E-state index contributed by atoms with van der Waals surface area (Å²) in [5, 5.41) is 13.7. The zero-order chi connectivity index (χ0) is 19.1. The summed E-state index contributed by atoms with van der Waals surface area (Å²) in [6.07, 6.45) is 0.821. The molecule has 5 heteroatoms. The molecule has 2 N–H and O–H groups in total. The first-order chi connectivity index (χ1) is 12.1. The fourth-order valence-corrected chi connectivity index (χ4v) is 3.77. The van der Waals surface area contributed by atoms with E-state index in [-0.39, 0.29) is 17.4 Å². The molecule has 26 heavy (non-hydrogen) atoms. The SMILES string of the molecule is CC(C)(O)C(=O)N1CCc2cc(C(C)(C)C)cc([C@@H]3COCCN3)c2C1. The van der Waals surface area contributed by atoms with Crippen molar-refractivity contribution in [2.45, 2.75) is 64.6 Å². The molecule has 1 saturated heterocycles. The highest BCUT2D eigenvalue weighted by Gasteiger charge is 2.34. The molecule has 0 unspecified atom stereocenters. The van der Waals surface area contributed by atoms with Crippen LogP contribution in [0.1, 0.15) is 62.9 Å². The van der Waals surface area contributed by atoms with Crippen LogP contribution >= 0.6 is 0 Å². The summed E-state index contributed by atoms with van der Waals surface area (Å²) in [6.45, 7) is 13.2. The zero-order valence-electron chi connectivity index (χ0n) is 16.7. The fourth-order valence-electron chi connectivity index (χ4n) is 3.77. The van der Waals surface area contributed by atoms with Gasteiger partial charge in [-0.05, 0) is 47.9 Å². The Balaban J connectivity index is 2.01. The van der Waals surface area contributed by atoms with E-state index in [4.69, 9.17) is 4.74 Å². The Morgan fingerprint density at radius 2 is 2.00 bits per heavy atom. The van der Waals surface area contributed by atoms with Crippen LogP contribution < -0.4 is 5.32 Å². The minimum atomic E-state index is -1.34. The monoisotopic (exact) mass is 360 g/mol. The molecular weight excluding hydrogens is 328 g/mol. The van der Waals surface area contributed by atoms with E-state index in [1.165, 1.54) is 22.3 Å². The van der Waals surface area contributed by atoms with Crippen molar-refractivity contribution in [2.24, 2.45) is 0 Å². The number of rotatable bonds is 2. The van der Waals surface area contributed by atoms with Crippen LogP contribution in [-0.4, -0.2) is 47.8 Å². The third kappa shape index (κ3) is 3.95. The standard InChI is InChI=1S/C21H32N2O3/c1-20(2,3)15-10-14-6-8-23(19(24)21(4,5)25)12-17(14)16(11-15)18-13-26-9-7-22-18/h10-11,18,22,25H,6-9,12-13H2,1-5H3/t18-/m0/s1. The van der Waals surface area contributed by atoms with E-state index in [0.717, 1.165) is 19.6 Å². The highest BCUT2D eigenvalue weighted by molar-refractivity contribution is 5.84. The van der Waals surface area contributed by atoms with Gasteiger partial charge in [0.15, 0.2) is 0 Å². The van der Waals surface area contributed by atoms with E-state index in [1.807, 2.05) is 0 Å². The first-order valence-electron chi connectivity index (χ1n) is 9.56. The van der Waals surface area contributed by atoms with Gasteiger partial charge in [-0.25, -0.2) is 0 Å². The van der Waals surface area contributed by atoms with Gasteiger partial charge in [0.1, 0.15) is 5.60 Å². The minimum absolute atomic E-state index is 0.0688. The molecular formula is C21H32N2O3. The van der Waals surface area contributed by atoms with E-state index in [9.17, 15) is 9.90 Å². The summed E-state index contributed by atoms with van der Waals surface area (Å²) >= 11 is 0. The second-order valence-corrected chi connectivity index (χ2v) is 9.07. The lowest BCUT2D eigenvalue weighted by molar-refractivity contribution is -0.148. The highest BCUT2D eigenvalue weighted by Crippen LogP contribution is 2.34. The molecule has 1 aromatic rings. The Morgan fingerprint density at radius 1 is 1.27 bits per heavy atom. The summed E-state index contributed by atoms with van der Waals surface area (Å²) in [6, 6.07) is 4.73. The second kappa shape index (κ2) is 6.95. The van der Waals surface area contributed by atoms with Gasteiger partial charge < -0.3 is 20.1 Å². The Hall–Kier alpha value is -1.43. The maximum absolute atomic E-state index is 12.6. The molecule has 0 aromatic heterocycles. The highest BCUT2D eigenvalue weighted by atomic mass is 16.5. The van der Waals surface area contributed by atoms with Crippen LogP contribution in [0.2, 0.25) is 0 Å². The van der Waals surface area contributed by atoms with Crippen molar-refractivity contribution in [3.63, 3.8) is 0 Å². The smallest absolute Gasteiger partial charge is 0.254 e. The maximum Gasteiger partial charge on any atom is 0.254 e. The third-order valence-electron chi connectivity index (χ3n) is 5.35. The predicted molar refractivity (Wildman–Crippen MR) is 102 cm³/mol. The summed E-state index contributed by atoms with van der Waals surface area (Å²) in [4.78, 5) is 14.4.